The van der Waals surface area contributed by atoms with Gasteiger partial charge in [-0.2, -0.15) is 0 Å². The summed E-state index contributed by atoms with van der Waals surface area (Å²) >= 11 is 0. The van der Waals surface area contributed by atoms with Gasteiger partial charge in [0.2, 0.25) is 5.88 Å². The van der Waals surface area contributed by atoms with Crippen molar-refractivity contribution in [3.05, 3.63) is 59.8 Å². The molecule has 2 bridgehead atoms. The predicted molar refractivity (Wildman–Crippen MR) is 94.9 cm³/mol. The lowest BCUT2D eigenvalue weighted by Gasteiger charge is -2.36. The van der Waals surface area contributed by atoms with Crippen LogP contribution in [-0.4, -0.2) is 35.1 Å². The molecule has 1 unspecified atom stereocenters. The zero-order valence-electron chi connectivity index (χ0n) is 14.0. The van der Waals surface area contributed by atoms with Gasteiger partial charge >= 0.3 is 0 Å². The highest BCUT2D eigenvalue weighted by Gasteiger charge is 2.39. The van der Waals surface area contributed by atoms with Gasteiger partial charge in [0.05, 0.1) is 0 Å². The van der Waals surface area contributed by atoms with Crippen molar-refractivity contribution in [1.82, 2.24) is 9.88 Å². The Morgan fingerprint density at radius 1 is 0.958 bits per heavy atom. The molecular weight excluding hydrogens is 296 g/mol. The molecule has 122 valence electrons. The minimum Gasteiger partial charge on any atom is -0.474 e. The van der Waals surface area contributed by atoms with Gasteiger partial charge in [0, 0.05) is 35.5 Å². The molecule has 2 aromatic rings. The van der Waals surface area contributed by atoms with Crippen molar-refractivity contribution in [3.63, 3.8) is 0 Å². The van der Waals surface area contributed by atoms with Gasteiger partial charge in [-0.25, -0.2) is 4.98 Å². The number of hydrogen-bond acceptors (Lipinski definition) is 3. The maximum Gasteiger partial charge on any atom is 0.213 e. The van der Waals surface area contributed by atoms with Crippen LogP contribution < -0.4 is 4.74 Å². The first-order valence-electron chi connectivity index (χ1n) is 8.69. The second-order valence-corrected chi connectivity index (χ2v) is 6.76. The summed E-state index contributed by atoms with van der Waals surface area (Å²) in [6.07, 6.45) is 6.95. The molecular formula is C21H22N2O. The fourth-order valence-corrected chi connectivity index (χ4v) is 3.82. The summed E-state index contributed by atoms with van der Waals surface area (Å²) in [5.74, 6) is 7.01. The van der Waals surface area contributed by atoms with Crippen molar-refractivity contribution in [2.45, 2.75) is 43.9 Å². The molecule has 2 aliphatic heterocycles. The highest BCUT2D eigenvalue weighted by molar-refractivity contribution is 5.42. The van der Waals surface area contributed by atoms with E-state index in [1.165, 1.54) is 12.8 Å². The Balaban J connectivity index is 1.39. The van der Waals surface area contributed by atoms with Crippen LogP contribution in [0.1, 0.15) is 36.8 Å². The first kappa shape index (κ1) is 15.2. The van der Waals surface area contributed by atoms with Gasteiger partial charge in [-0.05, 0) is 50.9 Å². The maximum absolute atomic E-state index is 6.12. The van der Waals surface area contributed by atoms with Gasteiger partial charge in [-0.1, -0.05) is 30.0 Å². The zero-order chi connectivity index (χ0) is 16.4. The third-order valence-electron chi connectivity index (χ3n) is 5.20. The van der Waals surface area contributed by atoms with Crippen LogP contribution in [0.4, 0.5) is 0 Å². The minimum atomic E-state index is 0.299. The lowest BCUT2D eigenvalue weighted by Crippen LogP contribution is -2.43. The van der Waals surface area contributed by atoms with Crippen LogP contribution in [0.5, 0.6) is 5.88 Å². The highest BCUT2D eigenvalue weighted by atomic mass is 16.5. The van der Waals surface area contributed by atoms with Crippen LogP contribution >= 0.6 is 0 Å². The number of nitrogens with zero attached hydrogens (tertiary/aromatic N) is 2. The Labute approximate surface area is 143 Å². The minimum absolute atomic E-state index is 0.299. The highest BCUT2D eigenvalue weighted by Crippen LogP contribution is 2.35. The van der Waals surface area contributed by atoms with Crippen molar-refractivity contribution >= 4 is 0 Å². The van der Waals surface area contributed by atoms with Gasteiger partial charge in [0.15, 0.2) is 0 Å². The Kier molecular flexibility index (Phi) is 4.23. The Morgan fingerprint density at radius 3 is 2.33 bits per heavy atom. The van der Waals surface area contributed by atoms with Gasteiger partial charge in [0.1, 0.15) is 6.10 Å². The maximum atomic E-state index is 6.12. The average molecular weight is 318 g/mol. The van der Waals surface area contributed by atoms with E-state index in [-0.39, 0.29) is 0 Å². The topological polar surface area (TPSA) is 25.4 Å². The van der Waals surface area contributed by atoms with E-state index in [2.05, 4.69) is 28.8 Å². The van der Waals surface area contributed by atoms with E-state index in [1.807, 2.05) is 42.5 Å². The number of benzene rings is 1. The van der Waals surface area contributed by atoms with Crippen LogP contribution in [0, 0.1) is 11.8 Å². The molecule has 0 amide bonds. The zero-order valence-corrected chi connectivity index (χ0v) is 14.0. The van der Waals surface area contributed by atoms with E-state index in [0.29, 0.717) is 24.1 Å². The molecule has 1 aromatic carbocycles. The van der Waals surface area contributed by atoms with Gasteiger partial charge in [0.25, 0.3) is 0 Å². The monoisotopic (exact) mass is 318 g/mol. The first-order valence-corrected chi connectivity index (χ1v) is 8.69. The van der Waals surface area contributed by atoms with Gasteiger partial charge in [-0.15, -0.1) is 0 Å². The molecule has 3 heterocycles. The van der Waals surface area contributed by atoms with Crippen LogP contribution in [0.15, 0.2) is 48.7 Å². The van der Waals surface area contributed by atoms with E-state index < -0.39 is 0 Å². The van der Waals surface area contributed by atoms with E-state index in [9.17, 15) is 0 Å². The van der Waals surface area contributed by atoms with Crippen molar-refractivity contribution < 1.29 is 4.74 Å². The van der Waals surface area contributed by atoms with Crippen molar-refractivity contribution in [2.75, 3.05) is 7.05 Å². The number of hydrogen-bond donors (Lipinski definition) is 0. The van der Waals surface area contributed by atoms with Crippen LogP contribution in [0.3, 0.4) is 0 Å². The van der Waals surface area contributed by atoms with Crippen molar-refractivity contribution in [3.8, 4) is 17.7 Å². The lowest BCUT2D eigenvalue weighted by molar-refractivity contribution is 0.0633. The second-order valence-electron chi connectivity index (χ2n) is 6.76. The summed E-state index contributed by atoms with van der Waals surface area (Å²) in [6.45, 7) is 0. The molecule has 3 atom stereocenters. The van der Waals surface area contributed by atoms with Gasteiger partial charge in [-0.3, -0.25) is 0 Å². The van der Waals surface area contributed by atoms with E-state index in [0.717, 1.165) is 24.0 Å². The summed E-state index contributed by atoms with van der Waals surface area (Å²) in [7, 11) is 2.25. The largest absolute Gasteiger partial charge is 0.474 e. The smallest absolute Gasteiger partial charge is 0.213 e. The molecule has 4 rings (SSSR count). The summed E-state index contributed by atoms with van der Waals surface area (Å²) < 4.78 is 6.12. The first-order chi connectivity index (χ1) is 11.8. The molecule has 0 N–H and O–H groups in total. The molecule has 3 nitrogen and oxygen atoms in total. The molecule has 24 heavy (non-hydrogen) atoms. The molecule has 2 saturated heterocycles. The SMILES string of the molecule is CN1[C@@H]2CC[C@H]1CC(Oc1ccc(C#Cc3ccccc3)cn1)C2. The molecule has 0 radical (unpaired) electrons. The molecule has 2 aliphatic rings. The molecule has 2 fully saturated rings. The second kappa shape index (κ2) is 6.67. The van der Waals surface area contributed by atoms with Crippen molar-refractivity contribution in [1.29, 1.82) is 0 Å². The number of rotatable bonds is 2. The third kappa shape index (κ3) is 3.29. The van der Waals surface area contributed by atoms with Crippen molar-refractivity contribution in [2.24, 2.45) is 0 Å². The average Bonchev–Trinajstić information content (AvgIpc) is 2.83. The summed E-state index contributed by atoms with van der Waals surface area (Å²) in [5, 5.41) is 0. The fourth-order valence-electron chi connectivity index (χ4n) is 3.82. The Morgan fingerprint density at radius 2 is 1.67 bits per heavy atom. The van der Waals surface area contributed by atoms with Gasteiger partial charge < -0.3 is 9.64 Å². The van der Waals surface area contributed by atoms with Crippen LogP contribution in [0.2, 0.25) is 0 Å². The summed E-state index contributed by atoms with van der Waals surface area (Å²) in [4.78, 5) is 6.96. The standard InChI is InChI=1S/C21H22N2O/c1-23-18-10-11-19(23)14-20(13-18)24-21-12-9-17(15-22-21)8-7-16-5-3-2-4-6-16/h2-6,9,12,15,18-20H,10-11,13-14H2,1H3/t18-,19+,20?. The van der Waals surface area contributed by atoms with E-state index in [4.69, 9.17) is 4.74 Å². The number of piperidine rings is 1. The number of pyridine rings is 1. The van der Waals surface area contributed by atoms with E-state index >= 15 is 0 Å². The molecule has 3 heteroatoms. The fraction of sp³-hybridized carbons (Fsp3) is 0.381. The molecule has 0 aliphatic carbocycles. The predicted octanol–water partition coefficient (Wildman–Crippen LogP) is 3.49. The third-order valence-corrected chi connectivity index (χ3v) is 5.20. The summed E-state index contributed by atoms with van der Waals surface area (Å²) in [6, 6.07) is 15.3. The normalized spacial score (nSPS) is 25.8. The number of ether oxygens (including phenoxy) is 1. The lowest BCUT2D eigenvalue weighted by atomic mass is 10.0. The molecule has 0 saturated carbocycles. The van der Waals surface area contributed by atoms with Crippen LogP contribution in [0.25, 0.3) is 0 Å². The molecule has 1 aromatic heterocycles. The number of aromatic nitrogens is 1. The summed E-state index contributed by atoms with van der Waals surface area (Å²) in [5.41, 5.74) is 1.93. The molecule has 0 spiro atoms. The number of fused-ring (bicyclic) bond motifs is 2. The Hall–Kier alpha value is -2.31. The Bertz CT molecular complexity index is 731. The van der Waals surface area contributed by atoms with E-state index in [1.54, 1.807) is 6.20 Å². The quantitative estimate of drug-likeness (QED) is 0.793. The van der Waals surface area contributed by atoms with Crippen LogP contribution in [-0.2, 0) is 0 Å².